The number of ether oxygens (including phenoxy) is 2. The Bertz CT molecular complexity index is 848. The van der Waals surface area contributed by atoms with Crippen molar-refractivity contribution in [1.82, 2.24) is 5.32 Å². The van der Waals surface area contributed by atoms with Crippen LogP contribution in [0.1, 0.15) is 29.8 Å². The summed E-state index contributed by atoms with van der Waals surface area (Å²) in [6.45, 7) is 3.53. The number of methoxy groups -OCH3 is 1. The number of hydrogen-bond donors (Lipinski definition) is 1. The topological polar surface area (TPSA) is 108 Å². The highest BCUT2D eigenvalue weighted by molar-refractivity contribution is 5.99. The summed E-state index contributed by atoms with van der Waals surface area (Å²) in [5.74, 6) is -0.829. The lowest BCUT2D eigenvalue weighted by atomic mass is 10.0. The number of rotatable bonds is 8. The van der Waals surface area contributed by atoms with E-state index in [0.717, 1.165) is 0 Å². The van der Waals surface area contributed by atoms with Crippen molar-refractivity contribution in [3.8, 4) is 5.75 Å². The second-order valence-corrected chi connectivity index (χ2v) is 6.43. The number of carbonyl (C=O) groups excluding carboxylic acids is 2. The molecular formula is C20H22N2O6. The van der Waals surface area contributed by atoms with Crippen LogP contribution in [-0.2, 0) is 16.1 Å². The number of nitro benzene ring substituents is 1. The number of carbonyl (C=O) groups is 2. The van der Waals surface area contributed by atoms with Gasteiger partial charge >= 0.3 is 5.97 Å². The number of nitrogens with one attached hydrogen (secondary N) is 1. The molecule has 0 heterocycles. The summed E-state index contributed by atoms with van der Waals surface area (Å²) >= 11 is 0. The van der Waals surface area contributed by atoms with Gasteiger partial charge in [-0.3, -0.25) is 14.9 Å². The fourth-order valence-electron chi connectivity index (χ4n) is 2.51. The van der Waals surface area contributed by atoms with Gasteiger partial charge < -0.3 is 14.8 Å². The SMILES string of the molecule is COc1ccccc1C(=O)N[C@H](C(=O)OCc1ccc([N+](=O)[O-])cc1)C(C)C. The molecule has 2 aromatic rings. The monoisotopic (exact) mass is 386 g/mol. The van der Waals surface area contributed by atoms with Crippen LogP contribution in [0.2, 0.25) is 0 Å². The smallest absolute Gasteiger partial charge is 0.329 e. The number of hydrogen-bond acceptors (Lipinski definition) is 6. The van der Waals surface area contributed by atoms with E-state index < -0.39 is 22.8 Å². The number of amides is 1. The van der Waals surface area contributed by atoms with E-state index in [2.05, 4.69) is 5.32 Å². The highest BCUT2D eigenvalue weighted by atomic mass is 16.6. The molecule has 8 heteroatoms. The molecule has 0 unspecified atom stereocenters. The molecule has 0 aromatic heterocycles. The predicted octanol–water partition coefficient (Wildman–Crippen LogP) is 3.10. The summed E-state index contributed by atoms with van der Waals surface area (Å²) in [5, 5.41) is 13.4. The van der Waals surface area contributed by atoms with E-state index in [1.54, 1.807) is 38.1 Å². The molecule has 1 atom stereocenters. The summed E-state index contributed by atoms with van der Waals surface area (Å²) in [5.41, 5.74) is 0.885. The van der Waals surface area contributed by atoms with Gasteiger partial charge in [0.2, 0.25) is 0 Å². The fraction of sp³-hybridized carbons (Fsp3) is 0.300. The highest BCUT2D eigenvalue weighted by Crippen LogP contribution is 2.18. The van der Waals surface area contributed by atoms with Gasteiger partial charge in [-0.25, -0.2) is 4.79 Å². The quantitative estimate of drug-likeness (QED) is 0.424. The highest BCUT2D eigenvalue weighted by Gasteiger charge is 2.27. The van der Waals surface area contributed by atoms with Crippen LogP contribution in [0.25, 0.3) is 0 Å². The van der Waals surface area contributed by atoms with Crippen molar-refractivity contribution in [2.24, 2.45) is 5.92 Å². The van der Waals surface area contributed by atoms with Crippen LogP contribution in [-0.4, -0.2) is 30.0 Å². The molecule has 0 saturated carbocycles. The maximum absolute atomic E-state index is 12.6. The third-order valence-electron chi connectivity index (χ3n) is 4.09. The van der Waals surface area contributed by atoms with Crippen molar-refractivity contribution in [3.05, 3.63) is 69.8 Å². The van der Waals surface area contributed by atoms with Crippen LogP contribution < -0.4 is 10.1 Å². The number of benzene rings is 2. The normalized spacial score (nSPS) is 11.6. The molecule has 28 heavy (non-hydrogen) atoms. The minimum atomic E-state index is -0.851. The second kappa shape index (κ2) is 9.50. The van der Waals surface area contributed by atoms with Gasteiger partial charge in [-0.05, 0) is 35.7 Å². The van der Waals surface area contributed by atoms with E-state index in [1.165, 1.54) is 31.4 Å². The Hall–Kier alpha value is -3.42. The minimum absolute atomic E-state index is 0.0424. The number of nitro groups is 1. The average molecular weight is 386 g/mol. The third kappa shape index (κ3) is 5.29. The zero-order valence-electron chi connectivity index (χ0n) is 15.9. The van der Waals surface area contributed by atoms with Crippen molar-refractivity contribution in [2.75, 3.05) is 7.11 Å². The molecule has 0 radical (unpaired) electrons. The maximum Gasteiger partial charge on any atom is 0.329 e. The molecule has 0 saturated heterocycles. The molecule has 0 bridgehead atoms. The largest absolute Gasteiger partial charge is 0.496 e. The van der Waals surface area contributed by atoms with Crippen LogP contribution in [0.15, 0.2) is 48.5 Å². The first-order valence-electron chi connectivity index (χ1n) is 8.67. The van der Waals surface area contributed by atoms with Gasteiger partial charge in [0.1, 0.15) is 18.4 Å². The Morgan fingerprint density at radius 3 is 2.32 bits per heavy atom. The Kier molecular flexibility index (Phi) is 7.08. The first-order chi connectivity index (χ1) is 13.3. The standard InChI is InChI=1S/C20H22N2O6/c1-13(2)18(21-19(23)16-6-4-5-7-17(16)27-3)20(24)28-12-14-8-10-15(11-9-14)22(25)26/h4-11,13,18H,12H2,1-3H3,(H,21,23)/t18-/m0/s1. The molecule has 1 N–H and O–H groups in total. The Labute approximate surface area is 162 Å². The maximum atomic E-state index is 12.6. The molecule has 0 spiro atoms. The Balaban J connectivity index is 2.03. The van der Waals surface area contributed by atoms with E-state index >= 15 is 0 Å². The molecule has 1 amide bonds. The lowest BCUT2D eigenvalue weighted by Crippen LogP contribution is -2.45. The molecule has 2 rings (SSSR count). The van der Waals surface area contributed by atoms with E-state index in [0.29, 0.717) is 16.9 Å². The van der Waals surface area contributed by atoms with Crippen molar-refractivity contribution in [2.45, 2.75) is 26.5 Å². The molecule has 0 aliphatic heterocycles. The lowest BCUT2D eigenvalue weighted by molar-refractivity contribution is -0.384. The lowest BCUT2D eigenvalue weighted by Gasteiger charge is -2.21. The summed E-state index contributed by atoms with van der Waals surface area (Å²) in [4.78, 5) is 35.2. The number of nitrogens with zero attached hydrogens (tertiary/aromatic N) is 1. The molecule has 8 nitrogen and oxygen atoms in total. The summed E-state index contributed by atoms with van der Waals surface area (Å²) in [7, 11) is 1.46. The first kappa shape index (κ1) is 20.9. The molecule has 148 valence electrons. The van der Waals surface area contributed by atoms with Gasteiger partial charge in [0.05, 0.1) is 17.6 Å². The van der Waals surface area contributed by atoms with Gasteiger partial charge in [0.15, 0.2) is 0 Å². The Morgan fingerprint density at radius 2 is 1.75 bits per heavy atom. The van der Waals surface area contributed by atoms with Crippen molar-refractivity contribution < 1.29 is 24.0 Å². The van der Waals surface area contributed by atoms with E-state index in [1.807, 2.05) is 0 Å². The first-order valence-corrected chi connectivity index (χ1v) is 8.67. The number of esters is 1. The van der Waals surface area contributed by atoms with Gasteiger partial charge in [-0.15, -0.1) is 0 Å². The zero-order chi connectivity index (χ0) is 20.7. The van der Waals surface area contributed by atoms with E-state index in [-0.39, 0.29) is 18.2 Å². The molecule has 0 fully saturated rings. The molecular weight excluding hydrogens is 364 g/mol. The fourth-order valence-corrected chi connectivity index (χ4v) is 2.51. The van der Waals surface area contributed by atoms with E-state index in [4.69, 9.17) is 9.47 Å². The third-order valence-corrected chi connectivity index (χ3v) is 4.09. The van der Waals surface area contributed by atoms with Gasteiger partial charge in [0.25, 0.3) is 11.6 Å². The van der Waals surface area contributed by atoms with Crippen LogP contribution in [0, 0.1) is 16.0 Å². The van der Waals surface area contributed by atoms with Crippen LogP contribution in [0.5, 0.6) is 5.75 Å². The second-order valence-electron chi connectivity index (χ2n) is 6.43. The average Bonchev–Trinajstić information content (AvgIpc) is 2.70. The van der Waals surface area contributed by atoms with Gasteiger partial charge in [0, 0.05) is 12.1 Å². The van der Waals surface area contributed by atoms with Crippen LogP contribution in [0.4, 0.5) is 5.69 Å². The zero-order valence-corrected chi connectivity index (χ0v) is 15.9. The van der Waals surface area contributed by atoms with Crippen molar-refractivity contribution in [3.63, 3.8) is 0 Å². The van der Waals surface area contributed by atoms with E-state index in [9.17, 15) is 19.7 Å². The number of non-ortho nitro benzene ring substituents is 1. The van der Waals surface area contributed by atoms with Gasteiger partial charge in [-0.1, -0.05) is 26.0 Å². The molecule has 0 aliphatic rings. The summed E-state index contributed by atoms with van der Waals surface area (Å²) in [6.07, 6.45) is 0. The van der Waals surface area contributed by atoms with Crippen LogP contribution >= 0.6 is 0 Å². The Morgan fingerprint density at radius 1 is 1.11 bits per heavy atom. The number of para-hydroxylation sites is 1. The predicted molar refractivity (Wildman–Crippen MR) is 102 cm³/mol. The van der Waals surface area contributed by atoms with Gasteiger partial charge in [-0.2, -0.15) is 0 Å². The molecule has 0 aliphatic carbocycles. The minimum Gasteiger partial charge on any atom is -0.496 e. The van der Waals surface area contributed by atoms with Crippen molar-refractivity contribution in [1.29, 1.82) is 0 Å². The summed E-state index contributed by atoms with van der Waals surface area (Å²) < 4.78 is 10.5. The van der Waals surface area contributed by atoms with Crippen LogP contribution in [0.3, 0.4) is 0 Å². The van der Waals surface area contributed by atoms with Crippen molar-refractivity contribution >= 4 is 17.6 Å². The summed E-state index contributed by atoms with van der Waals surface area (Å²) in [6, 6.07) is 11.6. The molecule has 2 aromatic carbocycles.